The summed E-state index contributed by atoms with van der Waals surface area (Å²) in [6.07, 6.45) is 3.17. The molecule has 2 atom stereocenters. The topological polar surface area (TPSA) is 9.23 Å². The van der Waals surface area contributed by atoms with Gasteiger partial charge in [-0.15, -0.1) is 0 Å². The summed E-state index contributed by atoms with van der Waals surface area (Å²) in [6, 6.07) is 4.04. The third kappa shape index (κ3) is 2.53. The van der Waals surface area contributed by atoms with Gasteiger partial charge in [-0.2, -0.15) is 0 Å². The van der Waals surface area contributed by atoms with Crippen molar-refractivity contribution in [2.24, 2.45) is 0 Å². The quantitative estimate of drug-likeness (QED) is 0.732. The van der Waals surface area contributed by atoms with Gasteiger partial charge in [0.25, 0.3) is 0 Å². The van der Waals surface area contributed by atoms with Crippen LogP contribution in [-0.4, -0.2) is 12.2 Å². The van der Waals surface area contributed by atoms with Gasteiger partial charge in [-0.3, -0.25) is 0 Å². The van der Waals surface area contributed by atoms with E-state index in [0.717, 1.165) is 18.4 Å². The fourth-order valence-corrected chi connectivity index (χ4v) is 1.96. The molecule has 1 nitrogen and oxygen atoms in total. The lowest BCUT2D eigenvalue weighted by Gasteiger charge is -2.10. The van der Waals surface area contributed by atoms with Crippen molar-refractivity contribution in [2.75, 3.05) is 0 Å². The fourth-order valence-electron chi connectivity index (χ4n) is 1.96. The average molecular weight is 212 g/mol. The minimum atomic E-state index is -0.792. The van der Waals surface area contributed by atoms with Crippen LogP contribution in [0, 0.1) is 11.6 Å². The Balaban J connectivity index is 2.02. The van der Waals surface area contributed by atoms with Crippen LogP contribution in [0.4, 0.5) is 8.78 Å². The molecule has 2 unspecified atom stereocenters. The van der Waals surface area contributed by atoms with Crippen LogP contribution in [0.25, 0.3) is 0 Å². The molecule has 0 radical (unpaired) electrons. The van der Waals surface area contributed by atoms with E-state index in [1.165, 1.54) is 12.1 Å². The molecule has 0 amide bonds. The highest BCUT2D eigenvalue weighted by Gasteiger charge is 2.22. The first-order chi connectivity index (χ1) is 7.15. The number of ether oxygens (including phenoxy) is 1. The van der Waals surface area contributed by atoms with E-state index in [1.807, 2.05) is 6.92 Å². The van der Waals surface area contributed by atoms with Crippen LogP contribution in [0.5, 0.6) is 0 Å². The zero-order valence-electron chi connectivity index (χ0n) is 8.67. The molecule has 0 aliphatic carbocycles. The Morgan fingerprint density at radius 2 is 2.07 bits per heavy atom. The van der Waals surface area contributed by atoms with Gasteiger partial charge in [0.05, 0.1) is 12.2 Å². The van der Waals surface area contributed by atoms with Crippen molar-refractivity contribution in [3.63, 3.8) is 0 Å². The van der Waals surface area contributed by atoms with Crippen molar-refractivity contribution >= 4 is 0 Å². The van der Waals surface area contributed by atoms with Crippen molar-refractivity contribution in [1.82, 2.24) is 0 Å². The van der Waals surface area contributed by atoms with Gasteiger partial charge in [0.2, 0.25) is 0 Å². The van der Waals surface area contributed by atoms with E-state index < -0.39 is 11.6 Å². The normalized spacial score (nSPS) is 25.8. The highest BCUT2D eigenvalue weighted by Crippen LogP contribution is 2.22. The largest absolute Gasteiger partial charge is 0.375 e. The molecule has 0 saturated carbocycles. The second kappa shape index (κ2) is 4.27. The van der Waals surface area contributed by atoms with Gasteiger partial charge in [-0.1, -0.05) is 6.07 Å². The zero-order valence-corrected chi connectivity index (χ0v) is 8.67. The van der Waals surface area contributed by atoms with E-state index in [0.29, 0.717) is 12.5 Å². The van der Waals surface area contributed by atoms with E-state index in [1.54, 1.807) is 6.07 Å². The molecule has 2 rings (SSSR count). The second-order valence-corrected chi connectivity index (χ2v) is 4.10. The Labute approximate surface area is 88.1 Å². The van der Waals surface area contributed by atoms with Gasteiger partial charge in [-0.05, 0) is 43.9 Å². The number of halogens is 2. The Kier molecular flexibility index (Phi) is 3.00. The number of rotatable bonds is 2. The maximum atomic E-state index is 12.9. The molecule has 1 aliphatic heterocycles. The summed E-state index contributed by atoms with van der Waals surface area (Å²) in [6.45, 7) is 2.03. The fraction of sp³-hybridized carbons (Fsp3) is 0.500. The molecule has 1 saturated heterocycles. The zero-order chi connectivity index (χ0) is 10.8. The van der Waals surface area contributed by atoms with Gasteiger partial charge in [0, 0.05) is 0 Å². The lowest BCUT2D eigenvalue weighted by atomic mass is 10.1. The lowest BCUT2D eigenvalue weighted by Crippen LogP contribution is -2.11. The molecule has 82 valence electrons. The van der Waals surface area contributed by atoms with E-state index in [9.17, 15) is 8.78 Å². The van der Waals surface area contributed by atoms with Crippen LogP contribution in [0.15, 0.2) is 18.2 Å². The summed E-state index contributed by atoms with van der Waals surface area (Å²) in [5.41, 5.74) is 0.799. The number of hydrogen-bond acceptors (Lipinski definition) is 1. The van der Waals surface area contributed by atoms with Crippen LogP contribution in [0.2, 0.25) is 0 Å². The maximum Gasteiger partial charge on any atom is 0.159 e. The molecular formula is C12H14F2O. The number of benzene rings is 1. The smallest absolute Gasteiger partial charge is 0.159 e. The first-order valence-corrected chi connectivity index (χ1v) is 5.24. The van der Waals surface area contributed by atoms with Crippen molar-refractivity contribution in [1.29, 1.82) is 0 Å². The van der Waals surface area contributed by atoms with E-state index in [2.05, 4.69) is 0 Å². The summed E-state index contributed by atoms with van der Waals surface area (Å²) >= 11 is 0. The predicted molar refractivity (Wildman–Crippen MR) is 53.6 cm³/mol. The van der Waals surface area contributed by atoms with Crippen molar-refractivity contribution in [3.05, 3.63) is 35.4 Å². The molecule has 15 heavy (non-hydrogen) atoms. The van der Waals surface area contributed by atoms with Gasteiger partial charge in [-0.25, -0.2) is 8.78 Å². The highest BCUT2D eigenvalue weighted by atomic mass is 19.2. The maximum absolute atomic E-state index is 12.9. The molecule has 1 heterocycles. The second-order valence-electron chi connectivity index (χ2n) is 4.10. The van der Waals surface area contributed by atoms with Crippen molar-refractivity contribution in [2.45, 2.75) is 38.4 Å². The standard InChI is InChI=1S/C12H14F2O/c1-8-2-4-10(15-8)6-9-3-5-11(13)12(14)7-9/h3,5,7-8,10H,2,4,6H2,1H3. The lowest BCUT2D eigenvalue weighted by molar-refractivity contribution is 0.0563. The SMILES string of the molecule is CC1CCC(Cc2ccc(F)c(F)c2)O1. The molecule has 3 heteroatoms. The molecule has 1 aromatic rings. The Bertz CT molecular complexity index is 351. The minimum absolute atomic E-state index is 0.157. The third-order valence-electron chi connectivity index (χ3n) is 2.77. The molecule has 0 bridgehead atoms. The van der Waals surface area contributed by atoms with Gasteiger partial charge in [0.1, 0.15) is 0 Å². The summed E-state index contributed by atoms with van der Waals surface area (Å²) in [7, 11) is 0. The summed E-state index contributed by atoms with van der Waals surface area (Å²) in [5, 5.41) is 0. The predicted octanol–water partition coefficient (Wildman–Crippen LogP) is 3.07. The molecule has 1 aliphatic rings. The van der Waals surface area contributed by atoms with Gasteiger partial charge >= 0.3 is 0 Å². The van der Waals surface area contributed by atoms with Crippen LogP contribution < -0.4 is 0 Å². The molecule has 0 aromatic heterocycles. The summed E-state index contributed by atoms with van der Waals surface area (Å²) in [4.78, 5) is 0. The molecule has 0 spiro atoms. The first kappa shape index (κ1) is 10.6. The van der Waals surface area contributed by atoms with Crippen LogP contribution in [-0.2, 0) is 11.2 Å². The Hall–Kier alpha value is -0.960. The Morgan fingerprint density at radius 3 is 2.67 bits per heavy atom. The summed E-state index contributed by atoms with van der Waals surface area (Å²) < 4.78 is 31.2. The molecule has 0 N–H and O–H groups in total. The van der Waals surface area contributed by atoms with E-state index in [4.69, 9.17) is 4.74 Å². The molecule has 1 aromatic carbocycles. The number of hydrogen-bond donors (Lipinski definition) is 0. The van der Waals surface area contributed by atoms with Crippen LogP contribution in [0.3, 0.4) is 0 Å². The third-order valence-corrected chi connectivity index (χ3v) is 2.77. The van der Waals surface area contributed by atoms with Crippen molar-refractivity contribution in [3.8, 4) is 0 Å². The van der Waals surface area contributed by atoms with Gasteiger partial charge in [0.15, 0.2) is 11.6 Å². The highest BCUT2D eigenvalue weighted by molar-refractivity contribution is 5.18. The van der Waals surface area contributed by atoms with Crippen molar-refractivity contribution < 1.29 is 13.5 Å². The minimum Gasteiger partial charge on any atom is -0.375 e. The van der Waals surface area contributed by atoms with E-state index in [-0.39, 0.29) is 6.10 Å². The van der Waals surface area contributed by atoms with Crippen LogP contribution in [0.1, 0.15) is 25.3 Å². The van der Waals surface area contributed by atoms with Crippen LogP contribution >= 0.6 is 0 Å². The monoisotopic (exact) mass is 212 g/mol. The summed E-state index contributed by atoms with van der Waals surface area (Å²) in [5.74, 6) is -1.57. The first-order valence-electron chi connectivity index (χ1n) is 5.24. The Morgan fingerprint density at radius 1 is 1.27 bits per heavy atom. The molecule has 1 fully saturated rings. The molecular weight excluding hydrogens is 198 g/mol. The van der Waals surface area contributed by atoms with Gasteiger partial charge < -0.3 is 4.74 Å². The average Bonchev–Trinajstić information content (AvgIpc) is 2.58. The van der Waals surface area contributed by atoms with E-state index >= 15 is 0 Å².